The van der Waals surface area contributed by atoms with Gasteiger partial charge >= 0.3 is 0 Å². The molecule has 1 heterocycles. The molecule has 98 valence electrons. The highest BCUT2D eigenvalue weighted by Crippen LogP contribution is 2.21. The summed E-state index contributed by atoms with van der Waals surface area (Å²) in [5.74, 6) is -0.279. The van der Waals surface area contributed by atoms with Crippen molar-refractivity contribution in [3.05, 3.63) is 71.2 Å². The fraction of sp³-hybridized carbons (Fsp3) is 0.118. The first-order valence-corrected chi connectivity index (χ1v) is 6.42. The molecule has 0 saturated heterocycles. The first-order valence-electron chi connectivity index (χ1n) is 6.42. The number of hydrogen-bond donors (Lipinski definition) is 0. The van der Waals surface area contributed by atoms with Crippen molar-refractivity contribution in [2.75, 3.05) is 0 Å². The molecule has 0 amide bonds. The first-order chi connectivity index (χ1) is 9.69. The molecule has 2 nitrogen and oxygen atoms in total. The van der Waals surface area contributed by atoms with E-state index in [1.165, 1.54) is 23.1 Å². The van der Waals surface area contributed by atoms with Gasteiger partial charge in [0.2, 0.25) is 0 Å². The van der Waals surface area contributed by atoms with Gasteiger partial charge in [-0.05, 0) is 42.8 Å². The van der Waals surface area contributed by atoms with Crippen LogP contribution in [0.15, 0.2) is 48.7 Å². The summed E-state index contributed by atoms with van der Waals surface area (Å²) >= 11 is 0. The minimum Gasteiger partial charge on any atom is -0.343 e. The Hall–Kier alpha value is -2.60. The van der Waals surface area contributed by atoms with Crippen LogP contribution in [-0.4, -0.2) is 4.57 Å². The van der Waals surface area contributed by atoms with Crippen molar-refractivity contribution in [3.8, 4) is 6.07 Å². The van der Waals surface area contributed by atoms with Gasteiger partial charge in [0.05, 0.1) is 18.2 Å². The standard InChI is InChI=1S/C17H13FN2/c1-12-3-2-4-17-15(12)7-8-20(17)11-14-9-13(10-19)5-6-16(14)18/h2-9H,11H2,1H3. The minimum absolute atomic E-state index is 0.279. The van der Waals surface area contributed by atoms with Crippen LogP contribution in [0.25, 0.3) is 10.9 Å². The Morgan fingerprint density at radius 1 is 1.20 bits per heavy atom. The Balaban J connectivity index is 2.06. The third-order valence-corrected chi connectivity index (χ3v) is 3.55. The van der Waals surface area contributed by atoms with Crippen LogP contribution in [0.2, 0.25) is 0 Å². The molecule has 3 rings (SSSR count). The summed E-state index contributed by atoms with van der Waals surface area (Å²) < 4.78 is 15.9. The number of halogens is 1. The molecule has 0 aliphatic heterocycles. The summed E-state index contributed by atoms with van der Waals surface area (Å²) in [4.78, 5) is 0. The number of benzene rings is 2. The average molecular weight is 264 g/mol. The average Bonchev–Trinajstić information content (AvgIpc) is 2.86. The van der Waals surface area contributed by atoms with Gasteiger partial charge in [0.25, 0.3) is 0 Å². The SMILES string of the molecule is Cc1cccc2c1ccn2Cc1cc(C#N)ccc1F. The monoisotopic (exact) mass is 264 g/mol. The lowest BCUT2D eigenvalue weighted by atomic mass is 10.1. The minimum atomic E-state index is -0.279. The molecule has 0 unspecified atom stereocenters. The maximum absolute atomic E-state index is 13.9. The van der Waals surface area contributed by atoms with E-state index in [1.54, 1.807) is 6.07 Å². The smallest absolute Gasteiger partial charge is 0.128 e. The van der Waals surface area contributed by atoms with E-state index in [0.29, 0.717) is 17.7 Å². The highest BCUT2D eigenvalue weighted by molar-refractivity contribution is 5.83. The molecule has 0 spiro atoms. The predicted octanol–water partition coefficient (Wildman–Crippen LogP) is 4.01. The lowest BCUT2D eigenvalue weighted by Gasteiger charge is -2.08. The number of nitriles is 1. The summed E-state index contributed by atoms with van der Waals surface area (Å²) in [7, 11) is 0. The van der Waals surface area contributed by atoms with Crippen molar-refractivity contribution in [2.45, 2.75) is 13.5 Å². The zero-order valence-corrected chi connectivity index (χ0v) is 11.1. The van der Waals surface area contributed by atoms with E-state index in [1.807, 2.05) is 35.0 Å². The Bertz CT molecular complexity index is 825. The fourth-order valence-electron chi connectivity index (χ4n) is 2.46. The van der Waals surface area contributed by atoms with Crippen LogP contribution in [0.3, 0.4) is 0 Å². The zero-order chi connectivity index (χ0) is 14.1. The Kier molecular flexibility index (Phi) is 3.00. The van der Waals surface area contributed by atoms with Crippen LogP contribution in [0.1, 0.15) is 16.7 Å². The van der Waals surface area contributed by atoms with Gasteiger partial charge in [0.1, 0.15) is 5.82 Å². The van der Waals surface area contributed by atoms with Gasteiger partial charge in [0.15, 0.2) is 0 Å². The maximum Gasteiger partial charge on any atom is 0.128 e. The molecule has 0 bridgehead atoms. The van der Waals surface area contributed by atoms with Gasteiger partial charge in [-0.15, -0.1) is 0 Å². The van der Waals surface area contributed by atoms with Crippen LogP contribution < -0.4 is 0 Å². The van der Waals surface area contributed by atoms with Gasteiger partial charge < -0.3 is 4.57 Å². The maximum atomic E-state index is 13.9. The molecule has 0 atom stereocenters. The van der Waals surface area contributed by atoms with Crippen LogP contribution in [0, 0.1) is 24.1 Å². The van der Waals surface area contributed by atoms with E-state index in [4.69, 9.17) is 5.26 Å². The quantitative estimate of drug-likeness (QED) is 0.687. The normalized spacial score (nSPS) is 10.7. The fourth-order valence-corrected chi connectivity index (χ4v) is 2.46. The van der Waals surface area contributed by atoms with Crippen molar-refractivity contribution in [2.24, 2.45) is 0 Å². The Labute approximate surface area is 116 Å². The van der Waals surface area contributed by atoms with E-state index in [-0.39, 0.29) is 5.82 Å². The molecular weight excluding hydrogens is 251 g/mol. The molecule has 20 heavy (non-hydrogen) atoms. The number of nitrogens with zero attached hydrogens (tertiary/aromatic N) is 2. The molecule has 3 aromatic rings. The molecule has 0 saturated carbocycles. The number of hydrogen-bond acceptors (Lipinski definition) is 1. The topological polar surface area (TPSA) is 28.7 Å². The highest BCUT2D eigenvalue weighted by Gasteiger charge is 2.07. The van der Waals surface area contributed by atoms with Crippen molar-refractivity contribution < 1.29 is 4.39 Å². The van der Waals surface area contributed by atoms with Gasteiger partial charge in [-0.25, -0.2) is 4.39 Å². The van der Waals surface area contributed by atoms with Crippen LogP contribution in [0.5, 0.6) is 0 Å². The lowest BCUT2D eigenvalue weighted by Crippen LogP contribution is -2.01. The number of rotatable bonds is 2. The van der Waals surface area contributed by atoms with Gasteiger partial charge in [0, 0.05) is 22.7 Å². The van der Waals surface area contributed by atoms with Gasteiger partial charge in [-0.3, -0.25) is 0 Å². The zero-order valence-electron chi connectivity index (χ0n) is 11.1. The Morgan fingerprint density at radius 2 is 2.05 bits per heavy atom. The van der Waals surface area contributed by atoms with Crippen molar-refractivity contribution in [3.63, 3.8) is 0 Å². The molecule has 2 aromatic carbocycles. The number of aromatic nitrogens is 1. The molecule has 3 heteroatoms. The van der Waals surface area contributed by atoms with E-state index >= 15 is 0 Å². The molecule has 0 N–H and O–H groups in total. The third kappa shape index (κ3) is 2.06. The van der Waals surface area contributed by atoms with Crippen LogP contribution >= 0.6 is 0 Å². The first kappa shape index (κ1) is 12.4. The van der Waals surface area contributed by atoms with Crippen LogP contribution in [-0.2, 0) is 6.54 Å². The molecule has 0 fully saturated rings. The molecule has 0 radical (unpaired) electrons. The molecule has 0 aliphatic carbocycles. The van der Waals surface area contributed by atoms with Crippen LogP contribution in [0.4, 0.5) is 4.39 Å². The second-order valence-electron chi connectivity index (χ2n) is 4.87. The second kappa shape index (κ2) is 4.82. The summed E-state index contributed by atoms with van der Waals surface area (Å²) in [5, 5.41) is 10.1. The lowest BCUT2D eigenvalue weighted by molar-refractivity contribution is 0.602. The largest absolute Gasteiger partial charge is 0.343 e. The van der Waals surface area contributed by atoms with Gasteiger partial charge in [-0.1, -0.05) is 12.1 Å². The van der Waals surface area contributed by atoms with Crippen molar-refractivity contribution >= 4 is 10.9 Å². The summed E-state index contributed by atoms with van der Waals surface area (Å²) in [6.07, 6.45) is 1.95. The van der Waals surface area contributed by atoms with Crippen molar-refractivity contribution in [1.29, 1.82) is 5.26 Å². The molecular formula is C17H13FN2. The predicted molar refractivity (Wildman–Crippen MR) is 76.9 cm³/mol. The molecule has 0 aliphatic rings. The number of fused-ring (bicyclic) bond motifs is 1. The summed E-state index contributed by atoms with van der Waals surface area (Å²) in [6, 6.07) is 14.6. The van der Waals surface area contributed by atoms with E-state index in [9.17, 15) is 4.39 Å². The van der Waals surface area contributed by atoms with Crippen molar-refractivity contribution in [1.82, 2.24) is 4.57 Å². The second-order valence-corrected chi connectivity index (χ2v) is 4.87. The third-order valence-electron chi connectivity index (χ3n) is 3.55. The summed E-state index contributed by atoms with van der Waals surface area (Å²) in [5.41, 5.74) is 3.29. The summed E-state index contributed by atoms with van der Waals surface area (Å²) in [6.45, 7) is 2.48. The van der Waals surface area contributed by atoms with Gasteiger partial charge in [-0.2, -0.15) is 5.26 Å². The number of aryl methyl sites for hydroxylation is 1. The van der Waals surface area contributed by atoms with E-state index in [0.717, 1.165) is 5.52 Å². The molecule has 1 aromatic heterocycles. The van der Waals surface area contributed by atoms with E-state index < -0.39 is 0 Å². The Morgan fingerprint density at radius 3 is 2.85 bits per heavy atom. The van der Waals surface area contributed by atoms with E-state index in [2.05, 4.69) is 13.0 Å². The highest BCUT2D eigenvalue weighted by atomic mass is 19.1.